The largest absolute Gasteiger partial charge is 0.345 e. The number of fused-ring (bicyclic) bond motifs is 1. The molecule has 1 fully saturated rings. The molecule has 0 radical (unpaired) electrons. The molecule has 3 aromatic rings. The van der Waals surface area contributed by atoms with Gasteiger partial charge < -0.3 is 10.2 Å². The number of hydrogen-bond acceptors (Lipinski definition) is 5. The van der Waals surface area contributed by atoms with E-state index in [1.165, 1.54) is 12.8 Å². The standard InChI is InChI=1S/C20H21N5O/c1-14-12-16(23-20(22-14)25-10-4-5-11-25)13-21-19(26)18-9-8-15-6-2-3-7-17(15)24-18/h2-3,6-9,12H,4-5,10-11,13H2,1H3,(H,21,26). The molecule has 4 rings (SSSR count). The summed E-state index contributed by atoms with van der Waals surface area (Å²) < 4.78 is 0. The molecule has 132 valence electrons. The van der Waals surface area contributed by atoms with Crippen LogP contribution in [0.4, 0.5) is 5.95 Å². The summed E-state index contributed by atoms with van der Waals surface area (Å²) in [4.78, 5) is 28.2. The number of nitrogens with one attached hydrogen (secondary N) is 1. The molecule has 3 heterocycles. The number of aromatic nitrogens is 3. The number of rotatable bonds is 4. The van der Waals surface area contributed by atoms with Gasteiger partial charge in [0.25, 0.3) is 5.91 Å². The van der Waals surface area contributed by atoms with Gasteiger partial charge in [-0.05, 0) is 38.0 Å². The third-order valence-corrected chi connectivity index (χ3v) is 4.55. The summed E-state index contributed by atoms with van der Waals surface area (Å²) >= 11 is 0. The van der Waals surface area contributed by atoms with Crippen LogP contribution in [0.3, 0.4) is 0 Å². The molecule has 0 unspecified atom stereocenters. The van der Waals surface area contributed by atoms with Crippen molar-refractivity contribution in [2.75, 3.05) is 18.0 Å². The van der Waals surface area contributed by atoms with Crippen LogP contribution < -0.4 is 10.2 Å². The summed E-state index contributed by atoms with van der Waals surface area (Å²) in [6.45, 7) is 4.31. The summed E-state index contributed by atoms with van der Waals surface area (Å²) in [5.74, 6) is 0.560. The number of carbonyl (C=O) groups excluding carboxylic acids is 1. The number of nitrogens with zero attached hydrogens (tertiary/aromatic N) is 4. The fourth-order valence-electron chi connectivity index (χ4n) is 3.22. The first-order chi connectivity index (χ1) is 12.7. The van der Waals surface area contributed by atoms with Crippen LogP contribution in [0, 0.1) is 6.92 Å². The molecule has 0 bridgehead atoms. The fourth-order valence-corrected chi connectivity index (χ4v) is 3.22. The maximum absolute atomic E-state index is 12.5. The number of para-hydroxylation sites is 1. The van der Waals surface area contributed by atoms with E-state index >= 15 is 0 Å². The number of carbonyl (C=O) groups is 1. The van der Waals surface area contributed by atoms with Crippen LogP contribution in [0.25, 0.3) is 10.9 Å². The molecule has 2 aromatic heterocycles. The molecular weight excluding hydrogens is 326 g/mol. The maximum atomic E-state index is 12.5. The van der Waals surface area contributed by atoms with Gasteiger partial charge in [-0.15, -0.1) is 0 Å². The van der Waals surface area contributed by atoms with Crippen molar-refractivity contribution >= 4 is 22.8 Å². The number of anilines is 1. The lowest BCUT2D eigenvalue weighted by Crippen LogP contribution is -2.26. The average Bonchev–Trinajstić information content (AvgIpc) is 3.20. The summed E-state index contributed by atoms with van der Waals surface area (Å²) in [5, 5.41) is 3.93. The van der Waals surface area contributed by atoms with E-state index in [1.807, 2.05) is 43.3 Å². The first kappa shape index (κ1) is 16.4. The van der Waals surface area contributed by atoms with Gasteiger partial charge in [0, 0.05) is 24.2 Å². The second-order valence-corrected chi connectivity index (χ2v) is 6.57. The topological polar surface area (TPSA) is 71.0 Å². The number of hydrogen-bond donors (Lipinski definition) is 1. The minimum Gasteiger partial charge on any atom is -0.345 e. The van der Waals surface area contributed by atoms with Gasteiger partial charge in [0.15, 0.2) is 0 Å². The Labute approximate surface area is 152 Å². The molecular formula is C20H21N5O. The fraction of sp³-hybridized carbons (Fsp3) is 0.300. The molecule has 6 heteroatoms. The predicted octanol–water partition coefficient (Wildman–Crippen LogP) is 2.86. The summed E-state index contributed by atoms with van der Waals surface area (Å²) in [6, 6.07) is 13.3. The van der Waals surface area contributed by atoms with Crippen molar-refractivity contribution < 1.29 is 4.79 Å². The van der Waals surface area contributed by atoms with Gasteiger partial charge in [0.2, 0.25) is 5.95 Å². The van der Waals surface area contributed by atoms with E-state index in [4.69, 9.17) is 0 Å². The summed E-state index contributed by atoms with van der Waals surface area (Å²) in [6.07, 6.45) is 2.36. The van der Waals surface area contributed by atoms with Crippen molar-refractivity contribution in [1.29, 1.82) is 0 Å². The second kappa shape index (κ2) is 7.07. The van der Waals surface area contributed by atoms with Crippen LogP contribution in [0.1, 0.15) is 34.7 Å². The molecule has 0 spiro atoms. The van der Waals surface area contributed by atoms with Gasteiger partial charge in [0.1, 0.15) is 5.69 Å². The third-order valence-electron chi connectivity index (χ3n) is 4.55. The van der Waals surface area contributed by atoms with E-state index in [1.54, 1.807) is 6.07 Å². The van der Waals surface area contributed by atoms with Gasteiger partial charge in [-0.2, -0.15) is 0 Å². The Hall–Kier alpha value is -3.02. The van der Waals surface area contributed by atoms with Crippen molar-refractivity contribution in [2.45, 2.75) is 26.3 Å². The molecule has 1 saturated heterocycles. The van der Waals surface area contributed by atoms with Crippen molar-refractivity contribution in [1.82, 2.24) is 20.3 Å². The Balaban J connectivity index is 1.48. The monoisotopic (exact) mass is 347 g/mol. The Morgan fingerprint density at radius 1 is 1.08 bits per heavy atom. The minimum absolute atomic E-state index is 0.199. The highest BCUT2D eigenvalue weighted by molar-refractivity contribution is 5.94. The van der Waals surface area contributed by atoms with Crippen LogP contribution in [0.2, 0.25) is 0 Å². The highest BCUT2D eigenvalue weighted by Gasteiger charge is 2.16. The van der Waals surface area contributed by atoms with Crippen LogP contribution >= 0.6 is 0 Å². The van der Waals surface area contributed by atoms with Crippen LogP contribution in [0.5, 0.6) is 0 Å². The molecule has 26 heavy (non-hydrogen) atoms. The highest BCUT2D eigenvalue weighted by atomic mass is 16.1. The minimum atomic E-state index is -0.199. The Morgan fingerprint density at radius 3 is 2.73 bits per heavy atom. The molecule has 1 aliphatic heterocycles. The molecule has 1 aliphatic rings. The lowest BCUT2D eigenvalue weighted by atomic mass is 10.2. The summed E-state index contributed by atoms with van der Waals surface area (Å²) in [7, 11) is 0. The zero-order valence-corrected chi connectivity index (χ0v) is 14.8. The average molecular weight is 347 g/mol. The second-order valence-electron chi connectivity index (χ2n) is 6.57. The van der Waals surface area contributed by atoms with Crippen LogP contribution in [-0.2, 0) is 6.54 Å². The molecule has 0 aliphatic carbocycles. The van der Waals surface area contributed by atoms with Gasteiger partial charge in [-0.1, -0.05) is 24.3 Å². The molecule has 0 saturated carbocycles. The van der Waals surface area contributed by atoms with Crippen molar-refractivity contribution in [3.63, 3.8) is 0 Å². The van der Waals surface area contributed by atoms with Crippen LogP contribution in [-0.4, -0.2) is 33.9 Å². The molecule has 6 nitrogen and oxygen atoms in total. The third kappa shape index (κ3) is 3.49. The van der Waals surface area contributed by atoms with E-state index in [0.717, 1.165) is 41.3 Å². The first-order valence-electron chi connectivity index (χ1n) is 8.92. The molecule has 0 atom stereocenters. The van der Waals surface area contributed by atoms with Gasteiger partial charge in [-0.3, -0.25) is 4.79 Å². The number of amides is 1. The first-order valence-corrected chi connectivity index (χ1v) is 8.92. The van der Waals surface area contributed by atoms with E-state index in [0.29, 0.717) is 12.2 Å². The predicted molar refractivity (Wildman–Crippen MR) is 101 cm³/mol. The number of pyridine rings is 1. The smallest absolute Gasteiger partial charge is 0.270 e. The van der Waals surface area contributed by atoms with E-state index in [2.05, 4.69) is 25.2 Å². The van der Waals surface area contributed by atoms with E-state index in [9.17, 15) is 4.79 Å². The zero-order chi connectivity index (χ0) is 17.9. The van der Waals surface area contributed by atoms with Crippen molar-refractivity contribution in [2.24, 2.45) is 0 Å². The highest BCUT2D eigenvalue weighted by Crippen LogP contribution is 2.17. The number of aryl methyl sites for hydroxylation is 1. The Kier molecular flexibility index (Phi) is 4.48. The molecule has 1 amide bonds. The maximum Gasteiger partial charge on any atom is 0.270 e. The Morgan fingerprint density at radius 2 is 1.88 bits per heavy atom. The van der Waals surface area contributed by atoms with E-state index < -0.39 is 0 Å². The quantitative estimate of drug-likeness (QED) is 0.786. The zero-order valence-electron chi connectivity index (χ0n) is 14.8. The van der Waals surface area contributed by atoms with Gasteiger partial charge in [0.05, 0.1) is 17.8 Å². The Bertz CT molecular complexity index is 950. The van der Waals surface area contributed by atoms with E-state index in [-0.39, 0.29) is 5.91 Å². The molecule has 1 aromatic carbocycles. The molecule has 1 N–H and O–H groups in total. The SMILES string of the molecule is Cc1cc(CNC(=O)c2ccc3ccccc3n2)nc(N2CCCC2)n1. The lowest BCUT2D eigenvalue weighted by molar-refractivity contribution is 0.0945. The van der Waals surface area contributed by atoms with Gasteiger partial charge >= 0.3 is 0 Å². The van der Waals surface area contributed by atoms with Crippen molar-refractivity contribution in [3.05, 3.63) is 59.5 Å². The van der Waals surface area contributed by atoms with Crippen LogP contribution in [0.15, 0.2) is 42.5 Å². The summed E-state index contributed by atoms with van der Waals surface area (Å²) in [5.41, 5.74) is 2.95. The van der Waals surface area contributed by atoms with Gasteiger partial charge in [-0.25, -0.2) is 15.0 Å². The number of benzene rings is 1. The lowest BCUT2D eigenvalue weighted by Gasteiger charge is -2.16. The van der Waals surface area contributed by atoms with Crippen molar-refractivity contribution in [3.8, 4) is 0 Å². The normalized spacial score (nSPS) is 14.0.